The molecule has 3 heterocycles. The molecule has 5 nitrogen and oxygen atoms in total. The van der Waals surface area contributed by atoms with Crippen LogP contribution in [0.4, 0.5) is 5.82 Å². The Morgan fingerprint density at radius 2 is 1.85 bits per heavy atom. The first-order chi connectivity index (χ1) is 12.7. The van der Waals surface area contributed by atoms with Crippen LogP contribution in [0.15, 0.2) is 48.7 Å². The van der Waals surface area contributed by atoms with Gasteiger partial charge in [-0.3, -0.25) is 4.79 Å². The zero-order valence-corrected chi connectivity index (χ0v) is 15.1. The lowest BCUT2D eigenvalue weighted by Gasteiger charge is -2.35. The normalized spacial score (nSPS) is 14.8. The summed E-state index contributed by atoms with van der Waals surface area (Å²) in [5, 5.41) is 1.23. The van der Waals surface area contributed by atoms with E-state index in [1.165, 1.54) is 16.6 Å². The zero-order valence-electron chi connectivity index (χ0n) is 15.1. The average molecular weight is 348 g/mol. The molecule has 1 saturated heterocycles. The number of aromatic nitrogens is 2. The lowest BCUT2D eigenvalue weighted by molar-refractivity contribution is -0.131. The second-order valence-corrected chi connectivity index (χ2v) is 6.83. The number of benzene rings is 1. The van der Waals surface area contributed by atoms with Gasteiger partial charge in [0.25, 0.3) is 0 Å². The first-order valence-corrected chi connectivity index (χ1v) is 9.22. The minimum absolute atomic E-state index is 0.246. The number of aromatic amines is 1. The largest absolute Gasteiger partial charge is 0.358 e. The summed E-state index contributed by atoms with van der Waals surface area (Å²) in [6, 6.07) is 14.3. The van der Waals surface area contributed by atoms with E-state index >= 15 is 0 Å². The Kier molecular flexibility index (Phi) is 4.61. The Hall–Kier alpha value is -2.82. The number of carbonyl (C=O) groups excluding carboxylic acids is 1. The molecule has 0 bridgehead atoms. The predicted molar refractivity (Wildman–Crippen MR) is 104 cm³/mol. The number of rotatable bonds is 4. The van der Waals surface area contributed by atoms with E-state index in [-0.39, 0.29) is 5.91 Å². The molecule has 4 rings (SSSR count). The molecule has 0 radical (unpaired) electrons. The second kappa shape index (κ2) is 7.20. The van der Waals surface area contributed by atoms with Gasteiger partial charge in [0.15, 0.2) is 0 Å². The Bertz CT molecular complexity index is 895. The van der Waals surface area contributed by atoms with Crippen LogP contribution >= 0.6 is 0 Å². The standard InChI is InChI=1S/C21H24N4O/c1-16-17(18-6-2-3-7-19(18)23-16)9-10-21(26)25-14-12-24(13-15-25)20-8-4-5-11-22-20/h2-8,11,23H,9-10,12-15H2,1H3. The Balaban J connectivity index is 1.35. The second-order valence-electron chi connectivity index (χ2n) is 6.83. The Labute approximate surface area is 153 Å². The molecule has 1 amide bonds. The molecule has 0 atom stereocenters. The van der Waals surface area contributed by atoms with Crippen molar-refractivity contribution in [3.05, 3.63) is 59.9 Å². The first kappa shape index (κ1) is 16.6. The summed E-state index contributed by atoms with van der Waals surface area (Å²) < 4.78 is 0. The molecule has 0 unspecified atom stereocenters. The van der Waals surface area contributed by atoms with Crippen LogP contribution in [0.25, 0.3) is 10.9 Å². The van der Waals surface area contributed by atoms with Crippen molar-refractivity contribution in [3.8, 4) is 0 Å². The lowest BCUT2D eigenvalue weighted by Crippen LogP contribution is -2.49. The number of fused-ring (bicyclic) bond motifs is 1. The SMILES string of the molecule is Cc1[nH]c2ccccc2c1CCC(=O)N1CCN(c2ccccn2)CC1. The number of hydrogen-bond donors (Lipinski definition) is 1. The zero-order chi connectivity index (χ0) is 17.9. The molecule has 1 fully saturated rings. The third-order valence-corrected chi connectivity index (χ3v) is 5.22. The van der Waals surface area contributed by atoms with Crippen LogP contribution in [0.2, 0.25) is 0 Å². The van der Waals surface area contributed by atoms with Crippen molar-refractivity contribution >= 4 is 22.6 Å². The molecule has 0 aliphatic carbocycles. The number of para-hydroxylation sites is 1. The number of nitrogens with zero attached hydrogens (tertiary/aromatic N) is 3. The Morgan fingerprint density at radius 1 is 1.08 bits per heavy atom. The lowest BCUT2D eigenvalue weighted by atomic mass is 10.1. The van der Waals surface area contributed by atoms with Crippen LogP contribution in [0.5, 0.6) is 0 Å². The van der Waals surface area contributed by atoms with Crippen LogP contribution in [-0.4, -0.2) is 47.0 Å². The van der Waals surface area contributed by atoms with Gasteiger partial charge in [-0.1, -0.05) is 24.3 Å². The molecule has 1 aliphatic rings. The molecule has 26 heavy (non-hydrogen) atoms. The Morgan fingerprint density at radius 3 is 2.62 bits per heavy atom. The fourth-order valence-electron chi connectivity index (χ4n) is 3.77. The highest BCUT2D eigenvalue weighted by Gasteiger charge is 2.22. The number of pyridine rings is 1. The third kappa shape index (κ3) is 3.29. The molecule has 0 spiro atoms. The van der Waals surface area contributed by atoms with Crippen LogP contribution in [-0.2, 0) is 11.2 Å². The number of nitrogens with one attached hydrogen (secondary N) is 1. The van der Waals surface area contributed by atoms with Gasteiger partial charge in [-0.05, 0) is 37.1 Å². The van der Waals surface area contributed by atoms with E-state index in [9.17, 15) is 4.79 Å². The van der Waals surface area contributed by atoms with Gasteiger partial charge in [0, 0.05) is 55.4 Å². The summed E-state index contributed by atoms with van der Waals surface area (Å²) in [6.07, 6.45) is 3.16. The molecule has 1 aliphatic heterocycles. The van der Waals surface area contributed by atoms with E-state index in [4.69, 9.17) is 0 Å². The summed E-state index contributed by atoms with van der Waals surface area (Å²) in [5.74, 6) is 1.24. The van der Waals surface area contributed by atoms with Gasteiger partial charge >= 0.3 is 0 Å². The highest BCUT2D eigenvalue weighted by molar-refractivity contribution is 5.85. The summed E-state index contributed by atoms with van der Waals surface area (Å²) in [7, 11) is 0. The minimum atomic E-state index is 0.246. The van der Waals surface area contributed by atoms with Crippen LogP contribution in [0.3, 0.4) is 0 Å². The van der Waals surface area contributed by atoms with Crippen LogP contribution in [0.1, 0.15) is 17.7 Å². The van der Waals surface area contributed by atoms with E-state index in [1.807, 2.05) is 35.4 Å². The molecular weight excluding hydrogens is 324 g/mol. The summed E-state index contributed by atoms with van der Waals surface area (Å²) >= 11 is 0. The first-order valence-electron chi connectivity index (χ1n) is 9.22. The number of piperazine rings is 1. The monoisotopic (exact) mass is 348 g/mol. The maximum absolute atomic E-state index is 12.7. The predicted octanol–water partition coefficient (Wildman–Crippen LogP) is 3.15. The molecule has 1 N–H and O–H groups in total. The van der Waals surface area contributed by atoms with E-state index in [0.29, 0.717) is 6.42 Å². The van der Waals surface area contributed by atoms with E-state index < -0.39 is 0 Å². The summed E-state index contributed by atoms with van der Waals surface area (Å²) in [6.45, 7) is 5.31. The fourth-order valence-corrected chi connectivity index (χ4v) is 3.77. The minimum Gasteiger partial charge on any atom is -0.358 e. The van der Waals surface area contributed by atoms with Crippen molar-refractivity contribution in [1.29, 1.82) is 0 Å². The molecule has 134 valence electrons. The van der Waals surface area contributed by atoms with Crippen molar-refractivity contribution in [1.82, 2.24) is 14.9 Å². The van der Waals surface area contributed by atoms with Crippen molar-refractivity contribution in [2.75, 3.05) is 31.1 Å². The van der Waals surface area contributed by atoms with Crippen molar-refractivity contribution in [2.45, 2.75) is 19.8 Å². The van der Waals surface area contributed by atoms with Crippen molar-refractivity contribution in [3.63, 3.8) is 0 Å². The molecular formula is C21H24N4O. The summed E-state index contributed by atoms with van der Waals surface area (Å²) in [4.78, 5) is 24.7. The van der Waals surface area contributed by atoms with E-state index in [2.05, 4.69) is 40.0 Å². The quantitative estimate of drug-likeness (QED) is 0.788. The number of H-pyrrole nitrogens is 1. The molecule has 2 aromatic heterocycles. The number of anilines is 1. The van der Waals surface area contributed by atoms with Gasteiger partial charge < -0.3 is 14.8 Å². The number of aryl methyl sites for hydroxylation is 2. The van der Waals surface area contributed by atoms with Gasteiger partial charge in [-0.25, -0.2) is 4.98 Å². The third-order valence-electron chi connectivity index (χ3n) is 5.22. The smallest absolute Gasteiger partial charge is 0.223 e. The highest BCUT2D eigenvalue weighted by atomic mass is 16.2. The molecule has 3 aromatic rings. The van der Waals surface area contributed by atoms with Crippen LogP contribution in [0, 0.1) is 6.92 Å². The van der Waals surface area contributed by atoms with Gasteiger partial charge in [0.2, 0.25) is 5.91 Å². The fraction of sp³-hybridized carbons (Fsp3) is 0.333. The molecule has 5 heteroatoms. The van der Waals surface area contributed by atoms with Crippen LogP contribution < -0.4 is 4.90 Å². The molecule has 0 saturated carbocycles. The van der Waals surface area contributed by atoms with Gasteiger partial charge in [0.1, 0.15) is 5.82 Å². The van der Waals surface area contributed by atoms with Crippen molar-refractivity contribution in [2.24, 2.45) is 0 Å². The van der Waals surface area contributed by atoms with Gasteiger partial charge in [0.05, 0.1) is 0 Å². The van der Waals surface area contributed by atoms with E-state index in [1.54, 1.807) is 0 Å². The molecule has 1 aromatic carbocycles. The number of hydrogen-bond acceptors (Lipinski definition) is 3. The maximum atomic E-state index is 12.7. The maximum Gasteiger partial charge on any atom is 0.223 e. The van der Waals surface area contributed by atoms with E-state index in [0.717, 1.165) is 43.9 Å². The summed E-state index contributed by atoms with van der Waals surface area (Å²) in [5.41, 5.74) is 3.58. The average Bonchev–Trinajstić information content (AvgIpc) is 3.02. The van der Waals surface area contributed by atoms with Gasteiger partial charge in [-0.2, -0.15) is 0 Å². The number of amides is 1. The number of carbonyl (C=O) groups is 1. The topological polar surface area (TPSA) is 52.2 Å². The highest BCUT2D eigenvalue weighted by Crippen LogP contribution is 2.23. The van der Waals surface area contributed by atoms with Crippen molar-refractivity contribution < 1.29 is 4.79 Å². The van der Waals surface area contributed by atoms with Gasteiger partial charge in [-0.15, -0.1) is 0 Å².